The molecule has 0 saturated heterocycles. The molecular formula is C14H39O7Sn2Ti-. The van der Waals surface area contributed by atoms with Gasteiger partial charge in [-0.05, 0) is 0 Å². The molecule has 0 fully saturated rings. The fourth-order valence-corrected chi connectivity index (χ4v) is 4.78. The molecule has 0 aliphatic rings. The van der Waals surface area contributed by atoms with Gasteiger partial charge < -0.3 is 22.7 Å². The van der Waals surface area contributed by atoms with Crippen molar-refractivity contribution in [3.8, 4) is 0 Å². The summed E-state index contributed by atoms with van der Waals surface area (Å²) in [6, 6.07) is 0. The second-order valence-corrected chi connectivity index (χ2v) is 19.8. The first-order valence-electron chi connectivity index (χ1n) is 5.92. The molecule has 0 spiro atoms. The fourth-order valence-electron chi connectivity index (χ4n) is 0.713. The smallest absolute Gasteiger partial charge is 0 e. The maximum Gasteiger partial charge on any atom is 0 e. The van der Waals surface area contributed by atoms with Gasteiger partial charge in [0.2, 0.25) is 0 Å². The van der Waals surface area contributed by atoms with Crippen LogP contribution in [0.25, 0.3) is 0 Å². The van der Waals surface area contributed by atoms with E-state index in [0.29, 0.717) is 0 Å². The Hall–Kier alpha value is 1.00. The minimum atomic E-state index is -3.23. The molecule has 0 amide bonds. The zero-order chi connectivity index (χ0) is 18.6. The molecule has 0 radical (unpaired) electrons. The predicted molar refractivity (Wildman–Crippen MR) is 103 cm³/mol. The van der Waals surface area contributed by atoms with E-state index in [1.165, 1.54) is 13.8 Å². The SMILES string of the molecule is C.CC(=O)[O][Sn]([CH3])([CH3])[O]C(C)=O.CO.CO.CO.[CH2]=[Sn]([CH3])[CH3].[CH3-].[Ti]. The first kappa shape index (κ1) is 49.8. The van der Waals surface area contributed by atoms with Crippen LogP contribution in [0.1, 0.15) is 21.3 Å². The molecule has 0 aromatic heterocycles. The van der Waals surface area contributed by atoms with Crippen LogP contribution in [0, 0.1) is 7.43 Å². The van der Waals surface area contributed by atoms with Crippen LogP contribution in [-0.4, -0.2) is 91.6 Å². The summed E-state index contributed by atoms with van der Waals surface area (Å²) in [6.07, 6.45) is 0. The van der Waals surface area contributed by atoms with Gasteiger partial charge in [-0.3, -0.25) is 0 Å². The van der Waals surface area contributed by atoms with Gasteiger partial charge in [0, 0.05) is 43.0 Å². The molecule has 10 heteroatoms. The number of carbonyl (C=O) groups excluding carboxylic acids is 2. The third-order valence-corrected chi connectivity index (χ3v) is 5.23. The van der Waals surface area contributed by atoms with Crippen molar-refractivity contribution in [1.82, 2.24) is 0 Å². The average molecular weight is 605 g/mol. The van der Waals surface area contributed by atoms with Crippen molar-refractivity contribution in [2.45, 2.75) is 41.0 Å². The molecule has 0 unspecified atom stereocenters. The van der Waals surface area contributed by atoms with Crippen molar-refractivity contribution >= 4 is 55.0 Å². The number of rotatable bonds is 2. The van der Waals surface area contributed by atoms with Gasteiger partial charge >= 0.3 is 104 Å². The normalized spacial score (nSPS) is 6.67. The number of hydrogen-bond donors (Lipinski definition) is 3. The molecule has 7 nitrogen and oxygen atoms in total. The van der Waals surface area contributed by atoms with Crippen LogP contribution in [-0.2, 0) is 37.5 Å². The second-order valence-electron chi connectivity index (χ2n) is 3.79. The van der Waals surface area contributed by atoms with Gasteiger partial charge in [-0.15, -0.1) is 0 Å². The summed E-state index contributed by atoms with van der Waals surface area (Å²) < 4.78 is 13.6. The summed E-state index contributed by atoms with van der Waals surface area (Å²) in [4.78, 5) is 28.9. The third-order valence-electron chi connectivity index (χ3n) is 0.779. The maximum atomic E-state index is 10.5. The molecule has 3 N–H and O–H groups in total. The minimum absolute atomic E-state index is 0. The summed E-state index contributed by atoms with van der Waals surface area (Å²) in [5, 5.41) is 21.0. The van der Waals surface area contributed by atoms with E-state index >= 15 is 0 Å². The Morgan fingerprint density at radius 1 is 0.875 bits per heavy atom. The van der Waals surface area contributed by atoms with E-state index in [4.69, 9.17) is 21.5 Å². The van der Waals surface area contributed by atoms with Crippen molar-refractivity contribution in [2.75, 3.05) is 21.3 Å². The minimum Gasteiger partial charge on any atom is -0.358 e. The molecule has 150 valence electrons. The largest absolute Gasteiger partial charge is 0.358 e. The first-order chi connectivity index (χ1) is 9.57. The molecule has 0 atom stereocenters. The van der Waals surface area contributed by atoms with Crippen LogP contribution in [0.3, 0.4) is 0 Å². The molecule has 0 saturated carbocycles. The summed E-state index contributed by atoms with van der Waals surface area (Å²) in [5.74, 6) is -0.765. The van der Waals surface area contributed by atoms with Crippen molar-refractivity contribution in [3.63, 3.8) is 0 Å². The van der Waals surface area contributed by atoms with E-state index in [0.717, 1.165) is 21.3 Å². The second kappa shape index (κ2) is 39.2. The summed E-state index contributed by atoms with van der Waals surface area (Å²) in [7, 11) is 3.00. The molecule has 0 aromatic carbocycles. The Morgan fingerprint density at radius 2 is 1.00 bits per heavy atom. The number of aliphatic hydroxyl groups excluding tert-OH is 3. The van der Waals surface area contributed by atoms with E-state index in [1.54, 1.807) is 9.88 Å². The molecular weight excluding hydrogens is 565 g/mol. The third kappa shape index (κ3) is 92.0. The Balaban J connectivity index is -0.0000000281. The van der Waals surface area contributed by atoms with Crippen molar-refractivity contribution in [2.24, 2.45) is 0 Å². The fraction of sp³-hybridized carbons (Fsp3) is 0.714. The Bertz CT molecular complexity index is 242. The van der Waals surface area contributed by atoms with Gasteiger partial charge in [-0.2, -0.15) is 0 Å². The Morgan fingerprint density at radius 3 is 1.08 bits per heavy atom. The molecule has 0 bridgehead atoms. The van der Waals surface area contributed by atoms with E-state index in [2.05, 4.69) is 14.4 Å². The van der Waals surface area contributed by atoms with E-state index in [1.807, 2.05) is 0 Å². The van der Waals surface area contributed by atoms with Crippen molar-refractivity contribution < 1.29 is 52.8 Å². The average Bonchev–Trinajstić information content (AvgIpc) is 2.32. The van der Waals surface area contributed by atoms with Gasteiger partial charge in [0.25, 0.3) is 0 Å². The predicted octanol–water partition coefficient (Wildman–Crippen LogP) is 1.48. The van der Waals surface area contributed by atoms with Crippen molar-refractivity contribution in [3.05, 3.63) is 7.43 Å². The van der Waals surface area contributed by atoms with Crippen LogP contribution in [0.2, 0.25) is 19.8 Å². The van der Waals surface area contributed by atoms with Crippen LogP contribution in [0.4, 0.5) is 0 Å². The van der Waals surface area contributed by atoms with Crippen LogP contribution < -0.4 is 0 Å². The van der Waals surface area contributed by atoms with E-state index < -0.39 is 38.5 Å². The van der Waals surface area contributed by atoms with E-state index in [9.17, 15) is 9.59 Å². The topological polar surface area (TPSA) is 113 Å². The van der Waals surface area contributed by atoms with Gasteiger partial charge in [-0.1, -0.05) is 7.43 Å². The Labute approximate surface area is 176 Å². The standard InChI is InChI=1S/2C2H4O2.3CH4O.CH4.5CH3.CH2.2Sn.Ti/c2*1-2(3)4;3*1-2;;;;;;;;;;/h2*1H3,(H,3,4);3*2H,1H3;1H4;5*1H3;1H2;;;/q;;;;;;;;;;-1;;;+2;/p-2. The van der Waals surface area contributed by atoms with Gasteiger partial charge in [0.1, 0.15) is 0 Å². The molecule has 0 aromatic rings. The number of hydrogen-bond acceptors (Lipinski definition) is 7. The number of carbonyl (C=O) groups is 2. The zero-order valence-electron chi connectivity index (χ0n) is 16.2. The monoisotopic (exact) mass is 607 g/mol. The van der Waals surface area contributed by atoms with E-state index in [-0.39, 0.29) is 48.5 Å². The maximum absolute atomic E-state index is 10.5. The van der Waals surface area contributed by atoms with Crippen molar-refractivity contribution in [1.29, 1.82) is 0 Å². The van der Waals surface area contributed by atoms with Crippen LogP contribution >= 0.6 is 0 Å². The van der Waals surface area contributed by atoms with Gasteiger partial charge in [-0.25, -0.2) is 0 Å². The molecule has 0 heterocycles. The van der Waals surface area contributed by atoms with Crippen LogP contribution in [0.15, 0.2) is 0 Å². The van der Waals surface area contributed by atoms with Crippen LogP contribution in [0.5, 0.6) is 0 Å². The molecule has 0 rings (SSSR count). The van der Waals surface area contributed by atoms with Gasteiger partial charge in [0.05, 0.1) is 0 Å². The molecule has 0 aliphatic carbocycles. The summed E-state index contributed by atoms with van der Waals surface area (Å²) in [6.45, 7) is 2.62. The molecule has 24 heavy (non-hydrogen) atoms. The number of aliphatic hydroxyl groups is 3. The Kier molecular flexibility index (Phi) is 81.4. The first-order valence-corrected chi connectivity index (χ1v) is 21.7. The summed E-state index contributed by atoms with van der Waals surface area (Å²) in [5.41, 5.74) is 0. The zero-order valence-corrected chi connectivity index (χ0v) is 23.5. The van der Waals surface area contributed by atoms with Gasteiger partial charge in [0.15, 0.2) is 0 Å². The quantitative estimate of drug-likeness (QED) is 0.323. The molecule has 0 aliphatic heterocycles. The summed E-state index contributed by atoms with van der Waals surface area (Å²) >= 11 is -4.03.